The molecular weight excluding hydrogens is 713 g/mol. The van der Waals surface area contributed by atoms with Gasteiger partial charge in [0.15, 0.2) is 6.29 Å². The number of aliphatic hydroxyl groups is 1. The fraction of sp³-hybridized carbons (Fsp3) is 0.415. The predicted octanol–water partition coefficient (Wildman–Crippen LogP) is 5.42. The molecule has 7 rings (SSSR count). The average Bonchev–Trinajstić information content (AvgIpc) is 3.71. The van der Waals surface area contributed by atoms with Gasteiger partial charge in [-0.2, -0.15) is 13.2 Å². The Kier molecular flexibility index (Phi) is 11.8. The lowest BCUT2D eigenvalue weighted by atomic mass is 9.89. The summed E-state index contributed by atoms with van der Waals surface area (Å²) >= 11 is 0. The number of amides is 2. The first kappa shape index (κ1) is 38.4. The Morgan fingerprint density at radius 1 is 0.873 bits per heavy atom. The van der Waals surface area contributed by atoms with E-state index in [0.717, 1.165) is 72.1 Å². The molecule has 55 heavy (non-hydrogen) atoms. The van der Waals surface area contributed by atoms with E-state index in [1.807, 2.05) is 78.9 Å². The fourth-order valence-corrected chi connectivity index (χ4v) is 7.69. The van der Waals surface area contributed by atoms with E-state index < -0.39 is 30.3 Å². The van der Waals surface area contributed by atoms with Crippen molar-refractivity contribution in [2.24, 2.45) is 5.92 Å². The standard InChI is InChI=1S/C41H45F3N6O5/c1-27-35(25-48-20-22-49(23-21-48)40-45-17-5-18-46-40)54-38(55-36(27)30-11-9-28(26-51)10-12-30)31-15-13-29(14-16-31)33-7-3-2-6-32(33)24-47-37(52)34-8-4-19-50(34)39(53)41(42,43)44/h2-3,5-7,9-18,27,34-36,38,51H,4,8,19-26H2,1H3,(H,47,52)/t27-,34+,35+,36+,38+/m1/s1. The summed E-state index contributed by atoms with van der Waals surface area (Å²) in [6, 6.07) is 23.8. The fourth-order valence-electron chi connectivity index (χ4n) is 7.69. The van der Waals surface area contributed by atoms with Crippen LogP contribution in [0.5, 0.6) is 0 Å². The molecule has 11 nitrogen and oxygen atoms in total. The number of hydrogen-bond acceptors (Lipinski definition) is 9. The highest BCUT2D eigenvalue weighted by Gasteiger charge is 2.47. The molecule has 0 saturated carbocycles. The van der Waals surface area contributed by atoms with Crippen LogP contribution in [0.1, 0.15) is 54.4 Å². The van der Waals surface area contributed by atoms with Gasteiger partial charge in [-0.05, 0) is 46.7 Å². The van der Waals surface area contributed by atoms with Gasteiger partial charge in [0.25, 0.3) is 0 Å². The smallest absolute Gasteiger partial charge is 0.392 e. The minimum Gasteiger partial charge on any atom is -0.392 e. The molecule has 3 fully saturated rings. The van der Waals surface area contributed by atoms with E-state index in [-0.39, 0.29) is 44.2 Å². The number of nitrogens with zero attached hydrogens (tertiary/aromatic N) is 5. The Morgan fingerprint density at radius 3 is 2.25 bits per heavy atom. The van der Waals surface area contributed by atoms with E-state index in [0.29, 0.717) is 11.3 Å². The second kappa shape index (κ2) is 16.9. The molecule has 2 N–H and O–H groups in total. The number of alkyl halides is 3. The summed E-state index contributed by atoms with van der Waals surface area (Å²) in [5.74, 6) is -1.84. The minimum atomic E-state index is -5.03. The van der Waals surface area contributed by atoms with Gasteiger partial charge >= 0.3 is 12.1 Å². The first-order valence-electron chi connectivity index (χ1n) is 18.7. The van der Waals surface area contributed by atoms with E-state index >= 15 is 0 Å². The summed E-state index contributed by atoms with van der Waals surface area (Å²) in [4.78, 5) is 39.0. The first-order chi connectivity index (χ1) is 26.6. The number of benzene rings is 3. The highest BCUT2D eigenvalue weighted by atomic mass is 19.4. The molecule has 0 aliphatic carbocycles. The predicted molar refractivity (Wildman–Crippen MR) is 198 cm³/mol. The molecule has 0 unspecified atom stereocenters. The third-order valence-electron chi connectivity index (χ3n) is 10.8. The Bertz CT molecular complexity index is 1910. The molecule has 290 valence electrons. The number of likely N-dealkylation sites (tertiary alicyclic amines) is 1. The summed E-state index contributed by atoms with van der Waals surface area (Å²) in [5.41, 5.74) is 5.17. The number of piperazine rings is 1. The van der Waals surface area contributed by atoms with Gasteiger partial charge in [-0.3, -0.25) is 14.5 Å². The summed E-state index contributed by atoms with van der Waals surface area (Å²) < 4.78 is 52.8. The summed E-state index contributed by atoms with van der Waals surface area (Å²) in [6.07, 6.45) is -2.07. The van der Waals surface area contributed by atoms with E-state index in [1.165, 1.54) is 0 Å². The second-order valence-electron chi connectivity index (χ2n) is 14.3. The van der Waals surface area contributed by atoms with Crippen LogP contribution in [-0.4, -0.2) is 94.3 Å². The lowest BCUT2D eigenvalue weighted by Gasteiger charge is -2.44. The average molecular weight is 759 g/mol. The van der Waals surface area contributed by atoms with Gasteiger partial charge < -0.3 is 29.7 Å². The van der Waals surface area contributed by atoms with Gasteiger partial charge in [0, 0.05) is 69.7 Å². The van der Waals surface area contributed by atoms with Crippen molar-refractivity contribution >= 4 is 17.8 Å². The van der Waals surface area contributed by atoms with Gasteiger partial charge in [-0.25, -0.2) is 9.97 Å². The van der Waals surface area contributed by atoms with Crippen LogP contribution in [-0.2, 0) is 32.2 Å². The number of aromatic nitrogens is 2. The van der Waals surface area contributed by atoms with Gasteiger partial charge in [-0.1, -0.05) is 79.7 Å². The number of hydrogen-bond donors (Lipinski definition) is 2. The quantitative estimate of drug-likeness (QED) is 0.219. The van der Waals surface area contributed by atoms with E-state index in [9.17, 15) is 27.9 Å². The van der Waals surface area contributed by atoms with Crippen LogP contribution in [0.25, 0.3) is 11.1 Å². The molecule has 3 aromatic carbocycles. The largest absolute Gasteiger partial charge is 0.471 e. The van der Waals surface area contributed by atoms with E-state index in [1.54, 1.807) is 12.4 Å². The van der Waals surface area contributed by atoms with Crippen molar-refractivity contribution in [1.29, 1.82) is 0 Å². The molecule has 3 aliphatic rings. The molecule has 14 heteroatoms. The number of rotatable bonds is 10. The number of nitrogens with one attached hydrogen (secondary N) is 1. The van der Waals surface area contributed by atoms with Crippen LogP contribution in [0.3, 0.4) is 0 Å². The van der Waals surface area contributed by atoms with Crippen molar-refractivity contribution in [3.63, 3.8) is 0 Å². The zero-order valence-electron chi connectivity index (χ0n) is 30.6. The molecule has 0 bridgehead atoms. The van der Waals surface area contributed by atoms with E-state index in [4.69, 9.17) is 9.47 Å². The topological polar surface area (TPSA) is 120 Å². The molecule has 3 aliphatic heterocycles. The Hall–Kier alpha value is -4.89. The number of carbonyl (C=O) groups excluding carboxylic acids is 2. The molecule has 5 atom stereocenters. The maximum atomic E-state index is 13.1. The highest BCUT2D eigenvalue weighted by molar-refractivity contribution is 5.90. The molecule has 0 radical (unpaired) electrons. The van der Waals surface area contributed by atoms with Gasteiger partial charge in [0.05, 0.1) is 18.8 Å². The Balaban J connectivity index is 1.05. The molecule has 3 saturated heterocycles. The lowest BCUT2D eigenvalue weighted by molar-refractivity contribution is -0.276. The minimum absolute atomic E-state index is 0.0240. The van der Waals surface area contributed by atoms with Crippen molar-refractivity contribution in [1.82, 2.24) is 25.1 Å². The maximum absolute atomic E-state index is 13.1. The highest BCUT2D eigenvalue weighted by Crippen LogP contribution is 2.42. The van der Waals surface area contributed by atoms with Crippen LogP contribution in [0.15, 0.2) is 91.3 Å². The number of aliphatic hydroxyl groups excluding tert-OH is 1. The number of halogens is 3. The van der Waals surface area contributed by atoms with Crippen molar-refractivity contribution in [3.8, 4) is 11.1 Å². The first-order valence-corrected chi connectivity index (χ1v) is 18.7. The van der Waals surface area contributed by atoms with Crippen molar-refractivity contribution in [3.05, 3.63) is 114 Å². The van der Waals surface area contributed by atoms with Crippen molar-refractivity contribution < 1.29 is 37.3 Å². The summed E-state index contributed by atoms with van der Waals surface area (Å²) in [5, 5.41) is 12.4. The molecule has 0 spiro atoms. The second-order valence-corrected chi connectivity index (χ2v) is 14.3. The van der Waals surface area contributed by atoms with Crippen LogP contribution >= 0.6 is 0 Å². The maximum Gasteiger partial charge on any atom is 0.471 e. The zero-order valence-corrected chi connectivity index (χ0v) is 30.6. The zero-order chi connectivity index (χ0) is 38.5. The molecule has 4 heterocycles. The SMILES string of the molecule is C[C@@H]1[C@H](CN2CCN(c3ncccn3)CC2)O[C@H](c2ccc(-c3ccccc3CNC(=O)[C@@H]3CCCN3C(=O)C(F)(F)F)cc2)O[C@@H]1c1ccc(CO)cc1. The monoisotopic (exact) mass is 758 g/mol. The van der Waals surface area contributed by atoms with Crippen LogP contribution in [0, 0.1) is 5.92 Å². The Morgan fingerprint density at radius 2 is 1.56 bits per heavy atom. The third kappa shape index (κ3) is 8.83. The van der Waals surface area contributed by atoms with Gasteiger partial charge in [0.2, 0.25) is 11.9 Å². The molecule has 2 amide bonds. The van der Waals surface area contributed by atoms with Crippen LogP contribution in [0.2, 0.25) is 0 Å². The van der Waals surface area contributed by atoms with Gasteiger partial charge in [0.1, 0.15) is 6.04 Å². The Labute approximate surface area is 318 Å². The van der Waals surface area contributed by atoms with Crippen LogP contribution in [0.4, 0.5) is 19.1 Å². The number of carbonyl (C=O) groups is 2. The summed E-state index contributed by atoms with van der Waals surface area (Å²) in [6.45, 7) is 6.09. The van der Waals surface area contributed by atoms with Gasteiger partial charge in [-0.15, -0.1) is 0 Å². The third-order valence-corrected chi connectivity index (χ3v) is 10.8. The van der Waals surface area contributed by atoms with Crippen molar-refractivity contribution in [2.45, 2.75) is 63.6 Å². The summed E-state index contributed by atoms with van der Waals surface area (Å²) in [7, 11) is 0. The lowest BCUT2D eigenvalue weighted by Crippen LogP contribution is -2.51. The molecular formula is C41H45F3N6O5. The molecule has 4 aromatic rings. The van der Waals surface area contributed by atoms with Crippen LogP contribution < -0.4 is 10.2 Å². The van der Waals surface area contributed by atoms with Crippen molar-refractivity contribution in [2.75, 3.05) is 44.2 Å². The number of anilines is 1. The normalized spacial score (nSPS) is 23.5. The molecule has 1 aromatic heterocycles. The number of ether oxygens (including phenoxy) is 2. The van der Waals surface area contributed by atoms with E-state index in [2.05, 4.69) is 32.0 Å².